The zero-order valence-corrected chi connectivity index (χ0v) is 49.6. The number of hydrogen-bond donors (Lipinski definition) is 4. The van der Waals surface area contributed by atoms with E-state index >= 15 is 13.2 Å². The molecule has 19 nitrogen and oxygen atoms in total. The first-order valence-electron chi connectivity index (χ1n) is 29.9. The van der Waals surface area contributed by atoms with Gasteiger partial charge in [0.05, 0.1) is 70.5 Å². The number of rotatable bonds is 18. The summed E-state index contributed by atoms with van der Waals surface area (Å²) in [6, 6.07) is 0.0469. The number of imidazole rings is 2. The van der Waals surface area contributed by atoms with Crippen LogP contribution in [-0.2, 0) is 35.5 Å². The van der Waals surface area contributed by atoms with Crippen LogP contribution in [-0.4, -0.2) is 123 Å². The maximum atomic E-state index is 16.1. The van der Waals surface area contributed by atoms with Gasteiger partial charge in [0.2, 0.25) is 23.7 Å². The molecule has 8 heterocycles. The largest absolute Gasteiger partial charge is 0.414 e. The summed E-state index contributed by atoms with van der Waals surface area (Å²) in [4.78, 5) is 65.1. The molecule has 4 fully saturated rings. The number of carbonyl (C=O) groups is 4. The molecule has 7 atom stereocenters. The van der Waals surface area contributed by atoms with Crippen LogP contribution in [0.15, 0.2) is 42.9 Å². The molecular weight excluding hydrogens is 1220 g/mol. The first-order chi connectivity index (χ1) is 42.2. The maximum Gasteiger partial charge on any atom is 0.414 e. The van der Waals surface area contributed by atoms with E-state index in [1.54, 1.807) is 26.8 Å². The molecule has 4 aliphatic rings. The van der Waals surface area contributed by atoms with E-state index < -0.39 is 183 Å². The molecule has 2 aliphatic heterocycles. The number of halogens is 13. The van der Waals surface area contributed by atoms with E-state index in [-0.39, 0.29) is 90.9 Å². The summed E-state index contributed by atoms with van der Waals surface area (Å²) in [5.74, 6) is -17.2. The summed E-state index contributed by atoms with van der Waals surface area (Å²) in [7, 11) is 0.997. The van der Waals surface area contributed by atoms with Gasteiger partial charge in [-0.1, -0.05) is 13.8 Å². The molecule has 4 amide bonds. The summed E-state index contributed by atoms with van der Waals surface area (Å²) in [6.45, 7) is 5.59. The summed E-state index contributed by atoms with van der Waals surface area (Å²) in [6.07, 6.45) is -15.2. The highest BCUT2D eigenvalue weighted by atomic mass is 19.4. The summed E-state index contributed by atoms with van der Waals surface area (Å²) in [5, 5.41) is 28.0. The molecule has 10 rings (SSSR count). The highest BCUT2D eigenvalue weighted by molar-refractivity contribution is 5.93. The molecular formula is C58H68F13N15O4. The zero-order chi connectivity index (χ0) is 65.2. The van der Waals surface area contributed by atoms with E-state index in [9.17, 15) is 63.1 Å². The van der Waals surface area contributed by atoms with E-state index in [0.29, 0.717) is 10.5 Å². The Bertz CT molecular complexity index is 3610. The SMILES string of the molecule is CCn1nc(C(N(C)c2cc3nc([C@@H](NC(=O)c4ccnn4CC)C4CCC(F)(F)CC4)cn3nc2CC2C[C@@H](C(F)(F)F)CNC2=O)C(F)(F)F)cc1C(=O)N[C@H](c1cn2nc(CC3C[C@@H](C(F)(F)F)CNC3=O)c(C(C)C)cc2n1)C1CCC(F)(F)CC1. The van der Waals surface area contributed by atoms with Crippen LogP contribution in [0.5, 0.6) is 0 Å². The Morgan fingerprint density at radius 1 is 0.656 bits per heavy atom. The number of nitrogens with one attached hydrogen (secondary N) is 4. The van der Waals surface area contributed by atoms with Gasteiger partial charge in [-0.2, -0.15) is 59.9 Å². The number of amides is 4. The average Bonchev–Trinajstić information content (AvgIpc) is 1.56. The lowest BCUT2D eigenvalue weighted by Gasteiger charge is -2.33. The number of aromatic nitrogens is 10. The third kappa shape index (κ3) is 14.0. The highest BCUT2D eigenvalue weighted by Gasteiger charge is 2.50. The molecule has 32 heteroatoms. The second kappa shape index (κ2) is 24.9. The normalized spacial score (nSPS) is 22.3. The van der Waals surface area contributed by atoms with Crippen molar-refractivity contribution >= 4 is 40.6 Å². The Hall–Kier alpha value is -7.57. The predicted octanol–water partition coefficient (Wildman–Crippen LogP) is 10.4. The molecule has 0 bridgehead atoms. The van der Waals surface area contributed by atoms with Crippen molar-refractivity contribution in [3.05, 3.63) is 88.3 Å². The second-order valence-corrected chi connectivity index (χ2v) is 24.5. The van der Waals surface area contributed by atoms with Crippen molar-refractivity contribution in [3.8, 4) is 0 Å². The van der Waals surface area contributed by atoms with Gasteiger partial charge in [-0.25, -0.2) is 36.6 Å². The van der Waals surface area contributed by atoms with E-state index in [2.05, 4.69) is 46.6 Å². The van der Waals surface area contributed by atoms with Gasteiger partial charge in [-0.05, 0) is 93.9 Å². The molecule has 6 aromatic heterocycles. The lowest BCUT2D eigenvalue weighted by atomic mass is 9.81. The minimum atomic E-state index is -5.28. The first kappa shape index (κ1) is 65.4. The molecule has 6 aromatic rings. The van der Waals surface area contributed by atoms with Gasteiger partial charge in [-0.3, -0.25) is 28.5 Å². The molecule has 4 N–H and O–H groups in total. The molecule has 0 spiro atoms. The average molecular weight is 1290 g/mol. The van der Waals surface area contributed by atoms with Crippen molar-refractivity contribution in [3.63, 3.8) is 0 Å². The van der Waals surface area contributed by atoms with Crippen LogP contribution >= 0.6 is 0 Å². The maximum absolute atomic E-state index is 16.1. The summed E-state index contributed by atoms with van der Waals surface area (Å²) < 4.78 is 196. The van der Waals surface area contributed by atoms with Crippen molar-refractivity contribution in [1.82, 2.24) is 70.0 Å². The third-order valence-corrected chi connectivity index (χ3v) is 18.1. The fourth-order valence-corrected chi connectivity index (χ4v) is 13.1. The standard InChI is InChI=1S/C58H68F13N15O4/c1-6-83-42(12-17-74-83)52(89)77-47(30-8-13-54(59,60)14-9-30)41-28-86-46(76-41)24-43(38(80-86)21-33-19-35(57(66,67)68)26-73-51(33)88)82(5)49(58(69,70)71)39-23-44(84(7-2)81-39)53(90)78-48(31-10-15-55(61,62)16-11-31)40-27-85-45(75-40)22-36(29(3)4)37(79-85)20-32-18-34(56(63,64)65)25-72-50(32)87/h12,17,22-24,27-35,47-49H,6-11,13-16,18-21,25-26H2,1-5H3,(H,72,87)(H,73,88)(H,77,89)(H,78,90)/t32?,33?,34-,35-,47+,48+,49?/m1/s1. The zero-order valence-electron chi connectivity index (χ0n) is 49.6. The molecule has 90 heavy (non-hydrogen) atoms. The lowest BCUT2D eigenvalue weighted by molar-refractivity contribution is -0.184. The quantitative estimate of drug-likeness (QED) is 0.0594. The van der Waals surface area contributed by atoms with Crippen LogP contribution in [0.4, 0.5) is 62.8 Å². The number of piperidine rings is 2. The lowest BCUT2D eigenvalue weighted by Crippen LogP contribution is -2.47. The van der Waals surface area contributed by atoms with Gasteiger partial charge in [0.25, 0.3) is 11.8 Å². The predicted molar refractivity (Wildman–Crippen MR) is 296 cm³/mol. The molecule has 0 radical (unpaired) electrons. The van der Waals surface area contributed by atoms with Crippen molar-refractivity contribution in [2.24, 2.45) is 35.5 Å². The van der Waals surface area contributed by atoms with Gasteiger partial charge in [0.1, 0.15) is 11.4 Å². The van der Waals surface area contributed by atoms with Gasteiger partial charge in [0, 0.05) is 95.9 Å². The van der Waals surface area contributed by atoms with Crippen molar-refractivity contribution in [1.29, 1.82) is 0 Å². The summed E-state index contributed by atoms with van der Waals surface area (Å²) >= 11 is 0. The van der Waals surface area contributed by atoms with Crippen LogP contribution in [0.25, 0.3) is 11.3 Å². The number of anilines is 1. The number of hydrogen-bond acceptors (Lipinski definition) is 11. The number of alkyl halides is 13. The molecule has 490 valence electrons. The fraction of sp³-hybridized carbons (Fsp3) is 0.621. The molecule has 2 aliphatic carbocycles. The Morgan fingerprint density at radius 2 is 1.12 bits per heavy atom. The van der Waals surface area contributed by atoms with E-state index in [1.807, 2.05) is 0 Å². The topological polar surface area (TPSA) is 216 Å². The van der Waals surface area contributed by atoms with Crippen LogP contribution < -0.4 is 26.2 Å². The van der Waals surface area contributed by atoms with Crippen LogP contribution in [0.3, 0.4) is 0 Å². The third-order valence-electron chi connectivity index (χ3n) is 18.1. The molecule has 2 saturated heterocycles. The van der Waals surface area contributed by atoms with Crippen LogP contribution in [0.1, 0.15) is 171 Å². The van der Waals surface area contributed by atoms with Gasteiger partial charge in [0.15, 0.2) is 17.3 Å². The van der Waals surface area contributed by atoms with Crippen molar-refractivity contribution < 1.29 is 76.3 Å². The molecule has 0 aromatic carbocycles. The number of nitrogens with zero attached hydrogens (tertiary/aromatic N) is 11. The van der Waals surface area contributed by atoms with E-state index in [0.717, 1.165) is 28.4 Å². The Kier molecular flexibility index (Phi) is 18.1. The highest BCUT2D eigenvalue weighted by Crippen LogP contribution is 2.46. The number of fused-ring (bicyclic) bond motifs is 2. The fourth-order valence-electron chi connectivity index (χ4n) is 13.1. The van der Waals surface area contributed by atoms with E-state index in [1.165, 1.54) is 40.8 Å². The first-order valence-corrected chi connectivity index (χ1v) is 29.9. The Balaban J connectivity index is 1.01. The van der Waals surface area contributed by atoms with Gasteiger partial charge in [-0.15, -0.1) is 0 Å². The Morgan fingerprint density at radius 3 is 1.59 bits per heavy atom. The van der Waals surface area contributed by atoms with Crippen LogP contribution in [0, 0.1) is 35.5 Å². The molecule has 2 saturated carbocycles. The minimum absolute atomic E-state index is 0.0533. The van der Waals surface area contributed by atoms with Crippen molar-refractivity contribution in [2.75, 3.05) is 25.0 Å². The Labute approximate surface area is 506 Å². The number of aryl methyl sites for hydroxylation is 2. The van der Waals surface area contributed by atoms with Crippen molar-refractivity contribution in [2.45, 2.75) is 172 Å². The molecule has 3 unspecified atom stereocenters. The van der Waals surface area contributed by atoms with Gasteiger partial charge < -0.3 is 26.2 Å². The van der Waals surface area contributed by atoms with Gasteiger partial charge >= 0.3 is 18.5 Å². The minimum Gasteiger partial charge on any atom is -0.356 e. The smallest absolute Gasteiger partial charge is 0.356 e. The second-order valence-electron chi connectivity index (χ2n) is 24.5. The summed E-state index contributed by atoms with van der Waals surface area (Å²) in [5.41, 5.74) is -0.737. The van der Waals surface area contributed by atoms with E-state index in [4.69, 9.17) is 4.98 Å². The van der Waals surface area contributed by atoms with Crippen LogP contribution in [0.2, 0.25) is 0 Å². The number of carbonyl (C=O) groups excluding carboxylic acids is 4. The monoisotopic (exact) mass is 1290 g/mol.